The average molecular weight is 493 g/mol. The first-order valence-electron chi connectivity index (χ1n) is 10.1. The third kappa shape index (κ3) is 7.41. The molecule has 0 aliphatic carbocycles. The van der Waals surface area contributed by atoms with E-state index in [1.807, 2.05) is 0 Å². The predicted octanol–water partition coefficient (Wildman–Crippen LogP) is 3.19. The fourth-order valence-corrected chi connectivity index (χ4v) is 3.94. The van der Waals surface area contributed by atoms with E-state index in [1.54, 1.807) is 25.1 Å². The SMILES string of the molecule is CCOC(=O)/C=C/Nc1cc(CS(=O)(=O)/C=C/c2c(OC)cc(OC)cc2OC)cnc1OC. The minimum absolute atomic E-state index is 0.234. The summed E-state index contributed by atoms with van der Waals surface area (Å²) >= 11 is 0. The number of nitrogens with zero attached hydrogens (tertiary/aromatic N) is 1. The smallest absolute Gasteiger partial charge is 0.332 e. The normalized spacial score (nSPS) is 11.4. The molecule has 11 heteroatoms. The van der Waals surface area contributed by atoms with Crippen LogP contribution in [0.1, 0.15) is 18.1 Å². The van der Waals surface area contributed by atoms with Crippen molar-refractivity contribution in [1.29, 1.82) is 0 Å². The van der Waals surface area contributed by atoms with Crippen molar-refractivity contribution >= 4 is 27.6 Å². The first-order chi connectivity index (χ1) is 16.3. The van der Waals surface area contributed by atoms with Crippen LogP contribution in [0.3, 0.4) is 0 Å². The summed E-state index contributed by atoms with van der Waals surface area (Å²) in [6.45, 7) is 1.95. The van der Waals surface area contributed by atoms with Crippen molar-refractivity contribution in [2.45, 2.75) is 12.7 Å². The van der Waals surface area contributed by atoms with E-state index in [2.05, 4.69) is 10.3 Å². The molecule has 0 atom stereocenters. The van der Waals surface area contributed by atoms with E-state index in [9.17, 15) is 13.2 Å². The Morgan fingerprint density at radius 1 is 1.03 bits per heavy atom. The van der Waals surface area contributed by atoms with Gasteiger partial charge in [-0.1, -0.05) is 0 Å². The van der Waals surface area contributed by atoms with Gasteiger partial charge in [0.25, 0.3) is 0 Å². The van der Waals surface area contributed by atoms with Crippen LogP contribution in [0, 0.1) is 0 Å². The first-order valence-corrected chi connectivity index (χ1v) is 11.8. The zero-order valence-corrected chi connectivity index (χ0v) is 20.5. The zero-order chi connectivity index (χ0) is 25.1. The van der Waals surface area contributed by atoms with Crippen LogP contribution in [0.4, 0.5) is 5.69 Å². The Morgan fingerprint density at radius 3 is 2.26 bits per heavy atom. The Bertz CT molecular complexity index is 1130. The molecule has 1 heterocycles. The summed E-state index contributed by atoms with van der Waals surface area (Å²) < 4.78 is 51.5. The Kier molecular flexibility index (Phi) is 9.75. The summed E-state index contributed by atoms with van der Waals surface area (Å²) in [5, 5.41) is 3.93. The minimum Gasteiger partial charge on any atom is -0.496 e. The van der Waals surface area contributed by atoms with E-state index in [0.717, 1.165) is 5.41 Å². The molecule has 2 rings (SSSR count). The number of nitrogens with one attached hydrogen (secondary N) is 1. The quantitative estimate of drug-likeness (QED) is 0.349. The lowest BCUT2D eigenvalue weighted by Gasteiger charge is -2.12. The molecule has 1 N–H and O–H groups in total. The summed E-state index contributed by atoms with van der Waals surface area (Å²) in [6, 6.07) is 4.83. The number of hydrogen-bond donors (Lipinski definition) is 1. The van der Waals surface area contributed by atoms with Gasteiger partial charge in [-0.25, -0.2) is 18.2 Å². The van der Waals surface area contributed by atoms with Gasteiger partial charge in [0, 0.05) is 36.0 Å². The van der Waals surface area contributed by atoms with Gasteiger partial charge >= 0.3 is 5.97 Å². The number of carbonyl (C=O) groups excluding carboxylic acids is 1. The van der Waals surface area contributed by atoms with Gasteiger partial charge in [-0.05, 0) is 24.6 Å². The highest BCUT2D eigenvalue weighted by Crippen LogP contribution is 2.35. The number of hydrogen-bond acceptors (Lipinski definition) is 10. The van der Waals surface area contributed by atoms with Gasteiger partial charge in [-0.15, -0.1) is 0 Å². The summed E-state index contributed by atoms with van der Waals surface area (Å²) in [4.78, 5) is 15.6. The second-order valence-electron chi connectivity index (χ2n) is 6.69. The largest absolute Gasteiger partial charge is 0.496 e. The van der Waals surface area contributed by atoms with Crippen LogP contribution in [-0.4, -0.2) is 54.4 Å². The van der Waals surface area contributed by atoms with Crippen molar-refractivity contribution in [2.24, 2.45) is 0 Å². The molecule has 0 spiro atoms. The number of pyridine rings is 1. The Balaban J connectivity index is 2.26. The summed E-state index contributed by atoms with van der Waals surface area (Å²) in [7, 11) is 2.17. The highest BCUT2D eigenvalue weighted by Gasteiger charge is 2.15. The molecule has 1 aromatic heterocycles. The lowest BCUT2D eigenvalue weighted by Crippen LogP contribution is -2.04. The molecule has 34 heavy (non-hydrogen) atoms. The van der Waals surface area contributed by atoms with E-state index in [4.69, 9.17) is 23.7 Å². The van der Waals surface area contributed by atoms with Crippen molar-refractivity contribution in [3.8, 4) is 23.1 Å². The number of ether oxygens (including phenoxy) is 5. The number of rotatable bonds is 12. The molecule has 2 aromatic rings. The maximum absolute atomic E-state index is 12.8. The topological polar surface area (TPSA) is 122 Å². The predicted molar refractivity (Wildman–Crippen MR) is 128 cm³/mol. The van der Waals surface area contributed by atoms with Crippen LogP contribution >= 0.6 is 0 Å². The van der Waals surface area contributed by atoms with Gasteiger partial charge in [0.05, 0.1) is 46.4 Å². The number of sulfone groups is 1. The van der Waals surface area contributed by atoms with Crippen LogP contribution < -0.4 is 24.3 Å². The molecule has 0 amide bonds. The third-order valence-corrected chi connectivity index (χ3v) is 5.70. The van der Waals surface area contributed by atoms with E-state index in [1.165, 1.54) is 53.0 Å². The van der Waals surface area contributed by atoms with Gasteiger partial charge in [0.1, 0.15) is 22.9 Å². The zero-order valence-electron chi connectivity index (χ0n) is 19.7. The molecule has 0 radical (unpaired) electrons. The molecular weight excluding hydrogens is 464 g/mol. The standard InChI is InChI=1S/C23H28N2O8S/c1-6-33-22(26)7-9-24-19-11-16(14-25-23(19)32-5)15-34(27,28)10-8-18-20(30-3)12-17(29-2)13-21(18)31-4/h7-14,24H,6,15H2,1-5H3/b9-7+,10-8+. The molecule has 0 saturated heterocycles. The molecule has 0 bridgehead atoms. The van der Waals surface area contributed by atoms with E-state index in [0.29, 0.717) is 34.1 Å². The molecule has 0 aliphatic rings. The van der Waals surface area contributed by atoms with Gasteiger partial charge in [0.15, 0.2) is 9.84 Å². The number of anilines is 1. The number of carbonyl (C=O) groups is 1. The highest BCUT2D eigenvalue weighted by atomic mass is 32.2. The number of esters is 1. The summed E-state index contributed by atoms with van der Waals surface area (Å²) in [5.74, 6) is 0.697. The molecule has 0 saturated carbocycles. The maximum Gasteiger partial charge on any atom is 0.332 e. The van der Waals surface area contributed by atoms with Gasteiger partial charge in [-0.2, -0.15) is 0 Å². The third-order valence-electron chi connectivity index (χ3n) is 4.41. The molecule has 0 fully saturated rings. The van der Waals surface area contributed by atoms with E-state index < -0.39 is 15.8 Å². The number of aromatic nitrogens is 1. The van der Waals surface area contributed by atoms with Crippen molar-refractivity contribution in [3.05, 3.63) is 53.2 Å². The molecule has 1 aromatic carbocycles. The highest BCUT2D eigenvalue weighted by molar-refractivity contribution is 7.93. The van der Waals surface area contributed by atoms with Crippen LogP contribution in [0.5, 0.6) is 23.1 Å². The van der Waals surface area contributed by atoms with Crippen LogP contribution in [-0.2, 0) is 25.1 Å². The molecule has 184 valence electrons. The van der Waals surface area contributed by atoms with Crippen LogP contribution in [0.2, 0.25) is 0 Å². The van der Waals surface area contributed by atoms with Gasteiger partial charge in [-0.3, -0.25) is 0 Å². The maximum atomic E-state index is 12.8. The van der Waals surface area contributed by atoms with Crippen LogP contribution in [0.25, 0.3) is 6.08 Å². The number of methoxy groups -OCH3 is 4. The lowest BCUT2D eigenvalue weighted by atomic mass is 10.1. The summed E-state index contributed by atoms with van der Waals surface area (Å²) in [5.41, 5.74) is 1.25. The minimum atomic E-state index is -3.70. The molecule has 10 nitrogen and oxygen atoms in total. The fraction of sp³-hybridized carbons (Fsp3) is 0.304. The van der Waals surface area contributed by atoms with Crippen molar-refractivity contribution < 1.29 is 36.9 Å². The monoisotopic (exact) mass is 492 g/mol. The van der Waals surface area contributed by atoms with Gasteiger partial charge < -0.3 is 29.0 Å². The average Bonchev–Trinajstić information content (AvgIpc) is 2.82. The van der Waals surface area contributed by atoms with E-state index >= 15 is 0 Å². The van der Waals surface area contributed by atoms with Crippen molar-refractivity contribution in [1.82, 2.24) is 4.98 Å². The molecular formula is C23H28N2O8S. The van der Waals surface area contributed by atoms with Crippen molar-refractivity contribution in [2.75, 3.05) is 40.4 Å². The molecule has 0 unspecified atom stereocenters. The first kappa shape index (κ1) is 26.5. The van der Waals surface area contributed by atoms with Gasteiger partial charge in [0.2, 0.25) is 5.88 Å². The fourth-order valence-electron chi connectivity index (χ4n) is 2.88. The second kappa shape index (κ2) is 12.5. The lowest BCUT2D eigenvalue weighted by molar-refractivity contribution is -0.137. The summed E-state index contributed by atoms with van der Waals surface area (Å²) in [6.07, 6.45) is 5.37. The van der Waals surface area contributed by atoms with Crippen LogP contribution in [0.15, 0.2) is 42.1 Å². The Labute approximate surface area is 199 Å². The number of benzene rings is 1. The van der Waals surface area contributed by atoms with Crippen molar-refractivity contribution in [3.63, 3.8) is 0 Å². The second-order valence-corrected chi connectivity index (χ2v) is 8.57. The Hall–Kier alpha value is -3.73. The molecule has 0 aliphatic heterocycles. The van der Waals surface area contributed by atoms with E-state index in [-0.39, 0.29) is 18.2 Å². The Morgan fingerprint density at radius 2 is 1.71 bits per heavy atom.